The summed E-state index contributed by atoms with van der Waals surface area (Å²) in [5.74, 6) is 0.103. The molecule has 2 atom stereocenters. The van der Waals surface area contributed by atoms with Gasteiger partial charge in [-0.25, -0.2) is 0 Å². The summed E-state index contributed by atoms with van der Waals surface area (Å²) < 4.78 is 4.79. The number of ether oxygens (including phenoxy) is 1. The number of aliphatic hydroxyl groups is 1. The molecular formula is C14H19NO3. The second-order valence-corrected chi connectivity index (χ2v) is 4.66. The van der Waals surface area contributed by atoms with E-state index in [4.69, 9.17) is 10.5 Å². The average molecular weight is 249 g/mol. The summed E-state index contributed by atoms with van der Waals surface area (Å²) in [4.78, 5) is 11.4. The zero-order chi connectivity index (χ0) is 13.1. The van der Waals surface area contributed by atoms with Crippen LogP contribution in [0.3, 0.4) is 0 Å². The van der Waals surface area contributed by atoms with Gasteiger partial charge < -0.3 is 15.6 Å². The number of rotatable bonds is 5. The van der Waals surface area contributed by atoms with Crippen molar-refractivity contribution in [2.45, 2.75) is 37.8 Å². The summed E-state index contributed by atoms with van der Waals surface area (Å²) in [7, 11) is 0. The highest BCUT2D eigenvalue weighted by Gasteiger charge is 2.27. The quantitative estimate of drug-likeness (QED) is 0.775. The molecular weight excluding hydrogens is 230 g/mol. The highest BCUT2D eigenvalue weighted by Crippen LogP contribution is 2.40. The molecule has 0 aliphatic heterocycles. The van der Waals surface area contributed by atoms with E-state index in [0.29, 0.717) is 11.5 Å². The summed E-state index contributed by atoms with van der Waals surface area (Å²) in [5, 5.41) is 10.0. The molecule has 0 saturated heterocycles. The van der Waals surface area contributed by atoms with E-state index < -0.39 is 18.1 Å². The number of esters is 1. The Hall–Kier alpha value is -1.39. The zero-order valence-electron chi connectivity index (χ0n) is 10.5. The Balaban J connectivity index is 2.02. The molecule has 1 saturated carbocycles. The Morgan fingerprint density at radius 3 is 2.56 bits per heavy atom. The second-order valence-electron chi connectivity index (χ2n) is 4.66. The molecule has 0 aromatic heterocycles. The number of nitrogens with two attached hydrogens (primary N) is 1. The first-order chi connectivity index (χ1) is 8.63. The molecule has 0 spiro atoms. The maximum Gasteiger partial charge on any atom is 0.325 e. The predicted octanol–water partition coefficient (Wildman–Crippen LogP) is 1.49. The summed E-state index contributed by atoms with van der Waals surface area (Å²) in [6.45, 7) is 1.97. The van der Waals surface area contributed by atoms with E-state index in [1.807, 2.05) is 24.3 Å². The van der Waals surface area contributed by atoms with Crippen molar-refractivity contribution < 1.29 is 14.6 Å². The molecule has 18 heavy (non-hydrogen) atoms. The van der Waals surface area contributed by atoms with Gasteiger partial charge in [0.2, 0.25) is 0 Å². The van der Waals surface area contributed by atoms with Crippen LogP contribution in [0, 0.1) is 0 Å². The molecule has 0 bridgehead atoms. The van der Waals surface area contributed by atoms with Crippen molar-refractivity contribution in [1.29, 1.82) is 0 Å². The van der Waals surface area contributed by atoms with Crippen LogP contribution in [0.5, 0.6) is 0 Å². The Bertz CT molecular complexity index is 412. The summed E-state index contributed by atoms with van der Waals surface area (Å²) in [5.41, 5.74) is 7.60. The summed E-state index contributed by atoms with van der Waals surface area (Å²) in [6, 6.07) is 6.62. The van der Waals surface area contributed by atoms with Crippen molar-refractivity contribution in [3.63, 3.8) is 0 Å². The van der Waals surface area contributed by atoms with Crippen LogP contribution in [0.15, 0.2) is 24.3 Å². The van der Waals surface area contributed by atoms with Crippen molar-refractivity contribution in [2.75, 3.05) is 6.61 Å². The minimum Gasteiger partial charge on any atom is -0.465 e. The van der Waals surface area contributed by atoms with Crippen molar-refractivity contribution in [1.82, 2.24) is 0 Å². The molecule has 0 amide bonds. The van der Waals surface area contributed by atoms with Gasteiger partial charge in [0.05, 0.1) is 6.61 Å². The standard InChI is InChI=1S/C14H19NO3/c1-2-18-14(17)12(15)13(16)11-7-5-10(6-8-11)9-3-4-9/h5-9,12-13,16H,2-4,15H2,1H3. The van der Waals surface area contributed by atoms with Crippen LogP contribution in [0.1, 0.15) is 42.9 Å². The number of carbonyl (C=O) groups excluding carboxylic acids is 1. The lowest BCUT2D eigenvalue weighted by molar-refractivity contribution is -0.147. The van der Waals surface area contributed by atoms with E-state index in [9.17, 15) is 9.90 Å². The van der Waals surface area contributed by atoms with Crippen LogP contribution in [-0.2, 0) is 9.53 Å². The van der Waals surface area contributed by atoms with E-state index in [1.165, 1.54) is 18.4 Å². The van der Waals surface area contributed by atoms with Gasteiger partial charge >= 0.3 is 5.97 Å². The fourth-order valence-electron chi connectivity index (χ4n) is 1.96. The van der Waals surface area contributed by atoms with E-state index >= 15 is 0 Å². The number of hydrogen-bond donors (Lipinski definition) is 2. The fourth-order valence-corrected chi connectivity index (χ4v) is 1.96. The van der Waals surface area contributed by atoms with E-state index in [1.54, 1.807) is 6.92 Å². The van der Waals surface area contributed by atoms with Gasteiger partial charge in [-0.2, -0.15) is 0 Å². The summed E-state index contributed by atoms with van der Waals surface area (Å²) >= 11 is 0. The van der Waals surface area contributed by atoms with Gasteiger partial charge in [0.1, 0.15) is 12.1 Å². The first-order valence-electron chi connectivity index (χ1n) is 6.33. The van der Waals surface area contributed by atoms with Crippen molar-refractivity contribution in [3.8, 4) is 0 Å². The monoisotopic (exact) mass is 249 g/mol. The predicted molar refractivity (Wildman–Crippen MR) is 68.0 cm³/mol. The maximum atomic E-state index is 11.4. The minimum atomic E-state index is -1.03. The zero-order valence-corrected chi connectivity index (χ0v) is 10.5. The Kier molecular flexibility index (Phi) is 3.99. The molecule has 98 valence electrons. The van der Waals surface area contributed by atoms with Gasteiger partial charge in [-0.1, -0.05) is 24.3 Å². The molecule has 1 aromatic carbocycles. The molecule has 1 aliphatic carbocycles. The lowest BCUT2D eigenvalue weighted by Gasteiger charge is -2.17. The Morgan fingerprint density at radius 1 is 1.44 bits per heavy atom. The van der Waals surface area contributed by atoms with Crippen LogP contribution in [-0.4, -0.2) is 23.7 Å². The van der Waals surface area contributed by atoms with E-state index in [0.717, 1.165) is 0 Å². The lowest BCUT2D eigenvalue weighted by atomic mass is 10.0. The molecule has 1 aromatic rings. The molecule has 2 unspecified atom stereocenters. The second kappa shape index (κ2) is 5.50. The SMILES string of the molecule is CCOC(=O)C(N)C(O)c1ccc(C2CC2)cc1. The molecule has 0 heterocycles. The molecule has 1 aliphatic rings. The molecule has 4 nitrogen and oxygen atoms in total. The minimum absolute atomic E-state index is 0.264. The first-order valence-corrected chi connectivity index (χ1v) is 6.33. The van der Waals surface area contributed by atoms with E-state index in [-0.39, 0.29) is 6.61 Å². The highest BCUT2D eigenvalue weighted by atomic mass is 16.5. The van der Waals surface area contributed by atoms with E-state index in [2.05, 4.69) is 0 Å². The third-order valence-electron chi connectivity index (χ3n) is 3.23. The van der Waals surface area contributed by atoms with Crippen molar-refractivity contribution in [3.05, 3.63) is 35.4 Å². The van der Waals surface area contributed by atoms with Crippen LogP contribution < -0.4 is 5.73 Å². The van der Waals surface area contributed by atoms with Crippen molar-refractivity contribution >= 4 is 5.97 Å². The van der Waals surface area contributed by atoms with Crippen LogP contribution in [0.4, 0.5) is 0 Å². The highest BCUT2D eigenvalue weighted by molar-refractivity contribution is 5.76. The normalized spacial score (nSPS) is 18.2. The van der Waals surface area contributed by atoms with Gasteiger partial charge in [-0.15, -0.1) is 0 Å². The molecule has 0 radical (unpaired) electrons. The third kappa shape index (κ3) is 2.89. The Morgan fingerprint density at radius 2 is 2.06 bits per heavy atom. The van der Waals surface area contributed by atoms with Gasteiger partial charge in [0.25, 0.3) is 0 Å². The topological polar surface area (TPSA) is 72.5 Å². The first kappa shape index (κ1) is 13.1. The maximum absolute atomic E-state index is 11.4. The summed E-state index contributed by atoms with van der Waals surface area (Å²) in [6.07, 6.45) is 1.46. The fraction of sp³-hybridized carbons (Fsp3) is 0.500. The molecule has 3 N–H and O–H groups in total. The van der Waals surface area contributed by atoms with Gasteiger partial charge in [-0.05, 0) is 36.8 Å². The van der Waals surface area contributed by atoms with Crippen LogP contribution >= 0.6 is 0 Å². The largest absolute Gasteiger partial charge is 0.465 e. The molecule has 1 fully saturated rings. The number of hydrogen-bond acceptors (Lipinski definition) is 4. The third-order valence-corrected chi connectivity index (χ3v) is 3.23. The Labute approximate surface area is 107 Å². The van der Waals surface area contributed by atoms with Crippen LogP contribution in [0.25, 0.3) is 0 Å². The van der Waals surface area contributed by atoms with Crippen LogP contribution in [0.2, 0.25) is 0 Å². The smallest absolute Gasteiger partial charge is 0.325 e. The van der Waals surface area contributed by atoms with Gasteiger partial charge in [0, 0.05) is 0 Å². The molecule has 2 rings (SSSR count). The molecule has 4 heteroatoms. The average Bonchev–Trinajstić information content (AvgIpc) is 3.22. The van der Waals surface area contributed by atoms with Gasteiger partial charge in [-0.3, -0.25) is 4.79 Å². The van der Waals surface area contributed by atoms with Crippen molar-refractivity contribution in [2.24, 2.45) is 5.73 Å². The number of benzene rings is 1. The number of aliphatic hydroxyl groups excluding tert-OH is 1. The number of carbonyl (C=O) groups is 1. The lowest BCUT2D eigenvalue weighted by Crippen LogP contribution is -2.38. The van der Waals surface area contributed by atoms with Gasteiger partial charge in [0.15, 0.2) is 0 Å².